The van der Waals surface area contributed by atoms with E-state index in [-0.39, 0.29) is 23.4 Å². The number of rotatable bonds is 8. The largest absolute Gasteiger partial charge is 0.352 e. The molecule has 2 N–H and O–H groups in total. The average molecular weight is 409 g/mol. The van der Waals surface area contributed by atoms with E-state index in [2.05, 4.69) is 10.6 Å². The molecular formula is C20H22ClFN2O2S. The van der Waals surface area contributed by atoms with Gasteiger partial charge in [-0.05, 0) is 35.7 Å². The second kappa shape index (κ2) is 10.3. The first-order valence-corrected chi connectivity index (χ1v) is 10.1. The Kier molecular flexibility index (Phi) is 8.13. The van der Waals surface area contributed by atoms with E-state index in [1.807, 2.05) is 13.8 Å². The molecule has 0 radical (unpaired) electrons. The lowest BCUT2D eigenvalue weighted by Crippen LogP contribution is -2.28. The number of amides is 2. The molecule has 0 unspecified atom stereocenters. The minimum atomic E-state index is -0.387. The molecule has 0 aliphatic rings. The lowest BCUT2D eigenvalue weighted by atomic mass is 10.1. The molecule has 0 saturated carbocycles. The van der Waals surface area contributed by atoms with E-state index in [4.69, 9.17) is 11.6 Å². The summed E-state index contributed by atoms with van der Waals surface area (Å²) >= 11 is 7.01. The van der Waals surface area contributed by atoms with E-state index in [0.717, 1.165) is 0 Å². The number of para-hydroxylation sites is 1. The summed E-state index contributed by atoms with van der Waals surface area (Å²) in [6.07, 6.45) is 0. The van der Waals surface area contributed by atoms with Crippen LogP contribution in [-0.4, -0.2) is 24.1 Å². The Hall–Kier alpha value is -2.05. The zero-order valence-corrected chi connectivity index (χ0v) is 16.8. The predicted molar refractivity (Wildman–Crippen MR) is 110 cm³/mol. The zero-order valence-electron chi connectivity index (χ0n) is 15.2. The first-order chi connectivity index (χ1) is 12.9. The Morgan fingerprint density at radius 2 is 1.93 bits per heavy atom. The third kappa shape index (κ3) is 6.88. The summed E-state index contributed by atoms with van der Waals surface area (Å²) in [7, 11) is 0. The molecule has 0 aliphatic heterocycles. The van der Waals surface area contributed by atoms with E-state index in [1.54, 1.807) is 36.4 Å². The number of thioether (sulfide) groups is 1. The van der Waals surface area contributed by atoms with Gasteiger partial charge < -0.3 is 10.6 Å². The van der Waals surface area contributed by atoms with Crippen LogP contribution in [0.15, 0.2) is 42.5 Å². The van der Waals surface area contributed by atoms with Crippen LogP contribution in [0, 0.1) is 11.7 Å². The number of halogens is 2. The second-order valence-electron chi connectivity index (χ2n) is 6.43. The Morgan fingerprint density at radius 3 is 2.63 bits per heavy atom. The fourth-order valence-electron chi connectivity index (χ4n) is 2.26. The van der Waals surface area contributed by atoms with Crippen molar-refractivity contribution >= 4 is 40.9 Å². The molecule has 144 valence electrons. The first-order valence-electron chi connectivity index (χ1n) is 8.55. The number of carbonyl (C=O) groups excluding carboxylic acids is 2. The van der Waals surface area contributed by atoms with Crippen LogP contribution in [-0.2, 0) is 10.5 Å². The molecule has 4 nitrogen and oxygen atoms in total. The van der Waals surface area contributed by atoms with Gasteiger partial charge in [0.05, 0.1) is 17.0 Å². The van der Waals surface area contributed by atoms with E-state index in [0.29, 0.717) is 40.1 Å². The molecule has 2 aromatic rings. The summed E-state index contributed by atoms with van der Waals surface area (Å²) in [5.74, 6) is -0.0337. The summed E-state index contributed by atoms with van der Waals surface area (Å²) in [4.78, 5) is 24.5. The summed E-state index contributed by atoms with van der Waals surface area (Å²) in [6, 6.07) is 11.3. The fourth-order valence-corrected chi connectivity index (χ4v) is 3.23. The standard InChI is InChI=1S/C20H22ClFN2O2S/c1-13(2)10-23-20(26)16-5-3-4-6-18(16)24-19(25)12-27-11-14-7-8-15(21)9-17(14)22/h3-9,13H,10-12H2,1-2H3,(H,23,26)(H,24,25). The molecule has 0 atom stereocenters. The minimum absolute atomic E-state index is 0.143. The van der Waals surface area contributed by atoms with E-state index >= 15 is 0 Å². The van der Waals surface area contributed by atoms with Crippen molar-refractivity contribution in [3.05, 3.63) is 64.4 Å². The van der Waals surface area contributed by atoms with Gasteiger partial charge in [-0.2, -0.15) is 0 Å². The van der Waals surface area contributed by atoms with Gasteiger partial charge in [-0.15, -0.1) is 11.8 Å². The smallest absolute Gasteiger partial charge is 0.253 e. The van der Waals surface area contributed by atoms with Gasteiger partial charge in [0, 0.05) is 17.3 Å². The Balaban J connectivity index is 1.91. The number of hydrogen-bond donors (Lipinski definition) is 2. The lowest BCUT2D eigenvalue weighted by Gasteiger charge is -2.12. The van der Waals surface area contributed by atoms with Crippen molar-refractivity contribution in [2.45, 2.75) is 19.6 Å². The van der Waals surface area contributed by atoms with Gasteiger partial charge in [-0.3, -0.25) is 9.59 Å². The molecule has 0 spiro atoms. The Labute approximate surface area is 167 Å². The predicted octanol–water partition coefficient (Wildman–Crippen LogP) is 4.74. The van der Waals surface area contributed by atoms with Gasteiger partial charge in [0.2, 0.25) is 5.91 Å². The van der Waals surface area contributed by atoms with Crippen LogP contribution in [0.5, 0.6) is 0 Å². The van der Waals surface area contributed by atoms with Crippen molar-refractivity contribution in [1.82, 2.24) is 5.32 Å². The van der Waals surface area contributed by atoms with Crippen molar-refractivity contribution in [1.29, 1.82) is 0 Å². The van der Waals surface area contributed by atoms with Crippen molar-refractivity contribution in [3.8, 4) is 0 Å². The topological polar surface area (TPSA) is 58.2 Å². The number of hydrogen-bond acceptors (Lipinski definition) is 3. The van der Waals surface area contributed by atoms with E-state index in [1.165, 1.54) is 17.8 Å². The summed E-state index contributed by atoms with van der Waals surface area (Å²) in [5.41, 5.74) is 1.37. The maximum atomic E-state index is 13.8. The first kappa shape index (κ1) is 21.3. The van der Waals surface area contributed by atoms with Crippen LogP contribution in [0.25, 0.3) is 0 Å². The highest BCUT2D eigenvalue weighted by Gasteiger charge is 2.13. The van der Waals surface area contributed by atoms with E-state index < -0.39 is 0 Å². The molecule has 0 heterocycles. The maximum absolute atomic E-state index is 13.8. The molecule has 2 amide bonds. The second-order valence-corrected chi connectivity index (χ2v) is 7.85. The molecule has 2 aromatic carbocycles. The third-order valence-electron chi connectivity index (χ3n) is 3.62. The van der Waals surface area contributed by atoms with Crippen molar-refractivity contribution < 1.29 is 14.0 Å². The molecule has 0 saturated heterocycles. The lowest BCUT2D eigenvalue weighted by molar-refractivity contribution is -0.113. The van der Waals surface area contributed by atoms with Crippen LogP contribution >= 0.6 is 23.4 Å². The van der Waals surface area contributed by atoms with Crippen LogP contribution in [0.3, 0.4) is 0 Å². The minimum Gasteiger partial charge on any atom is -0.352 e. The molecular weight excluding hydrogens is 387 g/mol. The third-order valence-corrected chi connectivity index (χ3v) is 4.84. The molecule has 0 aliphatic carbocycles. The van der Waals surface area contributed by atoms with Gasteiger partial charge in [0.1, 0.15) is 5.82 Å². The van der Waals surface area contributed by atoms with Crippen LogP contribution in [0.1, 0.15) is 29.8 Å². The van der Waals surface area contributed by atoms with Crippen molar-refractivity contribution in [3.63, 3.8) is 0 Å². The molecule has 7 heteroatoms. The summed E-state index contributed by atoms with van der Waals surface area (Å²) < 4.78 is 13.8. The number of anilines is 1. The van der Waals surface area contributed by atoms with Gasteiger partial charge in [-0.1, -0.05) is 43.6 Å². The highest BCUT2D eigenvalue weighted by molar-refractivity contribution is 7.99. The van der Waals surface area contributed by atoms with Gasteiger partial charge in [-0.25, -0.2) is 4.39 Å². The quantitative estimate of drug-likeness (QED) is 0.663. The van der Waals surface area contributed by atoms with Gasteiger partial charge in [0.25, 0.3) is 5.91 Å². The summed E-state index contributed by atoms with van der Waals surface area (Å²) in [6.45, 7) is 4.58. The fraction of sp³-hybridized carbons (Fsp3) is 0.300. The number of benzene rings is 2. The maximum Gasteiger partial charge on any atom is 0.253 e. The average Bonchev–Trinajstić information content (AvgIpc) is 2.62. The van der Waals surface area contributed by atoms with Gasteiger partial charge in [0.15, 0.2) is 0 Å². The van der Waals surface area contributed by atoms with Crippen molar-refractivity contribution in [2.24, 2.45) is 5.92 Å². The number of nitrogens with one attached hydrogen (secondary N) is 2. The van der Waals surface area contributed by atoms with E-state index in [9.17, 15) is 14.0 Å². The normalized spacial score (nSPS) is 10.7. The number of carbonyl (C=O) groups is 2. The Bertz CT molecular complexity index is 814. The monoisotopic (exact) mass is 408 g/mol. The van der Waals surface area contributed by atoms with Crippen LogP contribution in [0.4, 0.5) is 10.1 Å². The zero-order chi connectivity index (χ0) is 19.8. The van der Waals surface area contributed by atoms with Crippen LogP contribution in [0.2, 0.25) is 5.02 Å². The van der Waals surface area contributed by atoms with Crippen molar-refractivity contribution in [2.75, 3.05) is 17.6 Å². The Morgan fingerprint density at radius 1 is 1.19 bits per heavy atom. The molecule has 2 rings (SSSR count). The van der Waals surface area contributed by atoms with Gasteiger partial charge >= 0.3 is 0 Å². The molecule has 27 heavy (non-hydrogen) atoms. The molecule has 0 bridgehead atoms. The SMILES string of the molecule is CC(C)CNC(=O)c1ccccc1NC(=O)CSCc1ccc(Cl)cc1F. The highest BCUT2D eigenvalue weighted by atomic mass is 35.5. The highest BCUT2D eigenvalue weighted by Crippen LogP contribution is 2.20. The van der Waals surface area contributed by atoms with Crippen LogP contribution < -0.4 is 10.6 Å². The molecule has 0 fully saturated rings. The summed E-state index contributed by atoms with van der Waals surface area (Å²) in [5, 5.41) is 5.93. The molecule has 0 aromatic heterocycles.